The maximum atomic E-state index is 12.5. The number of imidazole rings is 1. The molecule has 18 nitrogen and oxygen atoms in total. The highest BCUT2D eigenvalue weighted by Crippen LogP contribution is 2.75. The van der Waals surface area contributed by atoms with Gasteiger partial charge >= 0.3 is 22.8 Å². The van der Waals surface area contributed by atoms with Crippen LogP contribution in [0.3, 0.4) is 0 Å². The fourth-order valence-electron chi connectivity index (χ4n) is 3.96. The van der Waals surface area contributed by atoms with Gasteiger partial charge in [-0.2, -0.15) is 0 Å². The largest absolute Gasteiger partial charge is 0.382 e. The fraction of sp³-hybridized carbons (Fsp3) is 0.643. The Labute approximate surface area is 195 Å². The van der Waals surface area contributed by atoms with E-state index in [-0.39, 0.29) is 17.0 Å². The van der Waals surface area contributed by atoms with Crippen molar-refractivity contribution in [3.63, 3.8) is 0 Å². The lowest BCUT2D eigenvalue weighted by Crippen LogP contribution is -2.40. The van der Waals surface area contributed by atoms with E-state index in [0.717, 1.165) is 0 Å². The number of aromatic nitrogens is 4. The van der Waals surface area contributed by atoms with Crippen LogP contribution in [0.4, 0.5) is 5.82 Å². The summed E-state index contributed by atoms with van der Waals surface area (Å²) in [6.07, 6.45) is -4.91. The predicted molar refractivity (Wildman–Crippen MR) is 112 cm³/mol. The number of aliphatic hydroxyl groups is 1. The third-order valence-corrected chi connectivity index (χ3v) is 12.8. The summed E-state index contributed by atoms with van der Waals surface area (Å²) in [4.78, 5) is 59.1. The number of nitrogen functional groups attached to an aromatic ring is 1. The van der Waals surface area contributed by atoms with Crippen molar-refractivity contribution in [1.29, 1.82) is 0 Å². The molecule has 2 aromatic heterocycles. The number of hydrogen-bond donors (Lipinski definition) is 7. The maximum Gasteiger partial charge on any atom is 0.358 e. The molecule has 0 spiro atoms. The first-order valence-electron chi connectivity index (χ1n) is 9.66. The van der Waals surface area contributed by atoms with Gasteiger partial charge in [-0.1, -0.05) is 0 Å². The van der Waals surface area contributed by atoms with Gasteiger partial charge < -0.3 is 49.5 Å². The minimum absolute atomic E-state index is 0.0641. The van der Waals surface area contributed by atoms with E-state index in [1.54, 1.807) is 0 Å². The highest BCUT2D eigenvalue weighted by molar-refractivity contribution is 7.87. The molecular formula is C14H22N5O13P3. The van der Waals surface area contributed by atoms with Crippen LogP contribution in [-0.2, 0) is 32.4 Å². The minimum Gasteiger partial charge on any atom is -0.382 e. The normalized spacial score (nSPS) is 29.4. The van der Waals surface area contributed by atoms with Gasteiger partial charge in [0.2, 0.25) is 0 Å². The molecule has 0 aromatic carbocycles. The molecule has 0 aliphatic carbocycles. The summed E-state index contributed by atoms with van der Waals surface area (Å²) in [6.45, 7) is 3.07. The Morgan fingerprint density at radius 1 is 1.06 bits per heavy atom. The summed E-state index contributed by atoms with van der Waals surface area (Å²) in [7, 11) is -17.6. The van der Waals surface area contributed by atoms with Crippen LogP contribution in [0.2, 0.25) is 0 Å². The molecule has 35 heavy (non-hydrogen) atoms. The van der Waals surface area contributed by atoms with E-state index < -0.39 is 64.5 Å². The molecule has 2 fully saturated rings. The molecule has 4 heterocycles. The second-order valence-corrected chi connectivity index (χ2v) is 14.7. The first-order chi connectivity index (χ1) is 15.9. The van der Waals surface area contributed by atoms with Crippen LogP contribution < -0.4 is 5.73 Å². The number of anilines is 1. The van der Waals surface area contributed by atoms with Crippen molar-refractivity contribution >= 4 is 39.8 Å². The van der Waals surface area contributed by atoms with Crippen LogP contribution in [0.15, 0.2) is 12.7 Å². The van der Waals surface area contributed by atoms with Gasteiger partial charge in [0.05, 0.1) is 6.33 Å². The fourth-order valence-corrected chi connectivity index (χ4v) is 9.44. The van der Waals surface area contributed by atoms with Gasteiger partial charge in [-0.3, -0.25) is 22.8 Å². The number of fused-ring (bicyclic) bond motifs is 2. The van der Waals surface area contributed by atoms with E-state index >= 15 is 0 Å². The van der Waals surface area contributed by atoms with Gasteiger partial charge in [-0.05, 0) is 13.8 Å². The molecule has 196 valence electrons. The second-order valence-electron chi connectivity index (χ2n) is 8.22. The zero-order valence-corrected chi connectivity index (χ0v) is 20.6. The molecule has 0 bridgehead atoms. The van der Waals surface area contributed by atoms with E-state index in [1.165, 1.54) is 31.1 Å². The zero-order valence-electron chi connectivity index (χ0n) is 17.9. The molecule has 4 rings (SSSR count). The maximum absolute atomic E-state index is 12.5. The number of nitrogens with two attached hydrogens (primary N) is 1. The first-order valence-corrected chi connectivity index (χ1v) is 14.7. The molecule has 2 aliphatic heterocycles. The van der Waals surface area contributed by atoms with Crippen LogP contribution >= 0.6 is 22.8 Å². The quantitative estimate of drug-likeness (QED) is 0.157. The molecule has 21 heteroatoms. The van der Waals surface area contributed by atoms with E-state index in [1.807, 2.05) is 0 Å². The Hall–Kier alpha value is -1.36. The second kappa shape index (κ2) is 8.60. The van der Waals surface area contributed by atoms with Crippen molar-refractivity contribution in [2.45, 2.75) is 55.6 Å². The van der Waals surface area contributed by atoms with Gasteiger partial charge in [0, 0.05) is 0 Å². The molecule has 2 aromatic rings. The number of ether oxygens (including phenoxy) is 3. The third-order valence-electron chi connectivity index (χ3n) is 5.16. The van der Waals surface area contributed by atoms with E-state index in [2.05, 4.69) is 19.5 Å². The monoisotopic (exact) mass is 561 g/mol. The lowest BCUT2D eigenvalue weighted by molar-refractivity contribution is -0.225. The van der Waals surface area contributed by atoms with Crippen molar-refractivity contribution in [3.05, 3.63) is 12.7 Å². The zero-order chi connectivity index (χ0) is 26.1. The molecule has 2 aliphatic rings. The number of hydrogen-bond acceptors (Lipinski definition) is 12. The summed E-state index contributed by atoms with van der Waals surface area (Å²) >= 11 is 0. The molecule has 0 saturated carbocycles. The van der Waals surface area contributed by atoms with Crippen LogP contribution in [-0.4, -0.2) is 84.6 Å². The van der Waals surface area contributed by atoms with Crippen LogP contribution in [0, 0.1) is 0 Å². The van der Waals surface area contributed by atoms with Gasteiger partial charge in [0.15, 0.2) is 29.8 Å². The van der Waals surface area contributed by atoms with Crippen molar-refractivity contribution in [1.82, 2.24) is 19.5 Å². The average molecular weight is 561 g/mol. The van der Waals surface area contributed by atoms with Gasteiger partial charge in [0.1, 0.15) is 30.2 Å². The van der Waals surface area contributed by atoms with Crippen molar-refractivity contribution in [2.24, 2.45) is 0 Å². The highest BCUT2D eigenvalue weighted by Gasteiger charge is 2.62. The average Bonchev–Trinajstić information content (AvgIpc) is 3.29. The lowest BCUT2D eigenvalue weighted by atomic mass is 10.1. The summed E-state index contributed by atoms with van der Waals surface area (Å²) in [5.41, 5.74) is 6.22. The Kier molecular flexibility index (Phi) is 6.56. The molecule has 0 amide bonds. The van der Waals surface area contributed by atoms with Gasteiger partial charge in [-0.25, -0.2) is 15.0 Å². The molecule has 8 N–H and O–H groups in total. The highest BCUT2D eigenvalue weighted by atomic mass is 31.3. The third kappa shape index (κ3) is 4.95. The summed E-state index contributed by atoms with van der Waals surface area (Å²) in [5.74, 6) is -1.17. The number of aliphatic hydroxyl groups excluding tert-OH is 1. The van der Waals surface area contributed by atoms with E-state index in [9.17, 15) is 43.3 Å². The van der Waals surface area contributed by atoms with Gasteiger partial charge in [-0.15, -0.1) is 0 Å². The predicted octanol–water partition coefficient (Wildman–Crippen LogP) is -1.01. The Morgan fingerprint density at radius 3 is 2.26 bits per heavy atom. The molecule has 6 atom stereocenters. The molecule has 2 unspecified atom stereocenters. The minimum atomic E-state index is -5.88. The number of rotatable bonds is 7. The molecule has 0 radical (unpaired) electrons. The SMILES string of the molecule is CC1(C)O[C@@H]2[C@H](O1)[C@@H](C(O)OP(=O)(O)C(P(=O)(O)O)P(=O)(O)O)O[C@H]2n1cnc2c(N)ncnc21. The Morgan fingerprint density at radius 2 is 1.66 bits per heavy atom. The van der Waals surface area contributed by atoms with Crippen LogP contribution in [0.25, 0.3) is 11.2 Å². The summed E-state index contributed by atoms with van der Waals surface area (Å²) < 4.78 is 58.9. The Balaban J connectivity index is 1.67. The van der Waals surface area contributed by atoms with Crippen LogP contribution in [0.1, 0.15) is 20.1 Å². The molecule has 2 saturated heterocycles. The standard InChI is InChI=1S/C14H22N5O13P3/c1-14(2)30-6-7(31-14)11(19-4-18-5-9(15)16-3-17-10(5)19)29-8(6)12(20)32-35(27,28)13(33(21,22)23)34(24,25)26/h3-4,6-8,11-13,20H,1-2H3,(H,27,28)(H2,15,16,17)(H2,21,22,23)(H2,24,25,26)/t6-,7+,8-,11+,12?/m0/s1. The van der Waals surface area contributed by atoms with Crippen LogP contribution in [0.5, 0.6) is 0 Å². The topological polar surface area (TPSA) is 279 Å². The first kappa shape index (κ1) is 26.7. The summed E-state index contributed by atoms with van der Waals surface area (Å²) in [6, 6.07) is 0. The molecular weight excluding hydrogens is 539 g/mol. The summed E-state index contributed by atoms with van der Waals surface area (Å²) in [5, 5.41) is 7.13. The van der Waals surface area contributed by atoms with Crippen molar-refractivity contribution < 1.29 is 62.0 Å². The van der Waals surface area contributed by atoms with Gasteiger partial charge in [0.25, 0.3) is 5.14 Å². The van der Waals surface area contributed by atoms with E-state index in [0.29, 0.717) is 0 Å². The van der Waals surface area contributed by atoms with Crippen molar-refractivity contribution in [3.8, 4) is 0 Å². The van der Waals surface area contributed by atoms with E-state index in [4.69, 9.17) is 19.9 Å². The van der Waals surface area contributed by atoms with Crippen molar-refractivity contribution in [2.75, 3.05) is 5.73 Å². The Bertz CT molecular complexity index is 1250. The lowest BCUT2D eigenvalue weighted by Gasteiger charge is -2.29. The smallest absolute Gasteiger partial charge is 0.358 e. The number of nitrogens with zero attached hydrogens (tertiary/aromatic N) is 4.